The lowest BCUT2D eigenvalue weighted by atomic mass is 10.2. The van der Waals surface area contributed by atoms with Crippen molar-refractivity contribution in [3.63, 3.8) is 0 Å². The van der Waals surface area contributed by atoms with Gasteiger partial charge in [-0.2, -0.15) is 0 Å². The van der Waals surface area contributed by atoms with Crippen molar-refractivity contribution in [1.82, 2.24) is 5.32 Å². The minimum Gasteiger partial charge on any atom is -0.490 e. The number of hydrogen-bond acceptors (Lipinski definition) is 3. The van der Waals surface area contributed by atoms with Crippen LogP contribution in [0.4, 0.5) is 4.39 Å². The largest absolute Gasteiger partial charge is 0.490 e. The van der Waals surface area contributed by atoms with Crippen LogP contribution in [0, 0.1) is 5.82 Å². The summed E-state index contributed by atoms with van der Waals surface area (Å²) in [5.74, 6) is -0.421. The van der Waals surface area contributed by atoms with Crippen LogP contribution in [-0.4, -0.2) is 18.6 Å². The Morgan fingerprint density at radius 3 is 2.78 bits per heavy atom. The van der Waals surface area contributed by atoms with E-state index in [-0.39, 0.29) is 37.3 Å². The lowest BCUT2D eigenvalue weighted by molar-refractivity contribution is -0.122. The molecule has 0 aliphatic heterocycles. The fourth-order valence-electron chi connectivity index (χ4n) is 1.44. The Kier molecular flexibility index (Phi) is 5.58. The molecule has 100 valence electrons. The minimum atomic E-state index is -0.456. The van der Waals surface area contributed by atoms with Crippen LogP contribution >= 0.6 is 0 Å². The molecule has 3 N–H and O–H groups in total. The SMILES string of the molecule is CC(C)NC(=O)CCOc1ccc(CN)cc1F. The smallest absolute Gasteiger partial charge is 0.223 e. The summed E-state index contributed by atoms with van der Waals surface area (Å²) >= 11 is 0. The number of carbonyl (C=O) groups excluding carboxylic acids is 1. The summed E-state index contributed by atoms with van der Waals surface area (Å²) in [6, 6.07) is 4.66. The Balaban J connectivity index is 2.42. The molecule has 0 fully saturated rings. The number of halogens is 1. The van der Waals surface area contributed by atoms with Crippen LogP contribution in [0.1, 0.15) is 25.8 Å². The second-order valence-electron chi connectivity index (χ2n) is 4.29. The fourth-order valence-corrected chi connectivity index (χ4v) is 1.44. The quantitative estimate of drug-likeness (QED) is 0.810. The Hall–Kier alpha value is -1.62. The molecular formula is C13H19FN2O2. The summed E-state index contributed by atoms with van der Waals surface area (Å²) in [5.41, 5.74) is 6.10. The predicted octanol–water partition coefficient (Wildman–Crippen LogP) is 1.58. The first-order valence-corrected chi connectivity index (χ1v) is 5.93. The first kappa shape index (κ1) is 14.4. The Labute approximate surface area is 106 Å². The van der Waals surface area contributed by atoms with Gasteiger partial charge >= 0.3 is 0 Å². The maximum Gasteiger partial charge on any atom is 0.223 e. The van der Waals surface area contributed by atoms with Crippen LogP contribution in [0.2, 0.25) is 0 Å². The molecule has 0 heterocycles. The highest BCUT2D eigenvalue weighted by Crippen LogP contribution is 2.18. The summed E-state index contributed by atoms with van der Waals surface area (Å²) in [4.78, 5) is 11.3. The second kappa shape index (κ2) is 6.96. The van der Waals surface area contributed by atoms with Crippen molar-refractivity contribution in [2.75, 3.05) is 6.61 Å². The van der Waals surface area contributed by atoms with Crippen molar-refractivity contribution in [1.29, 1.82) is 0 Å². The molecule has 0 spiro atoms. The zero-order valence-electron chi connectivity index (χ0n) is 10.7. The molecule has 4 nitrogen and oxygen atoms in total. The molecule has 0 saturated heterocycles. The molecule has 1 aromatic rings. The predicted molar refractivity (Wildman–Crippen MR) is 67.7 cm³/mol. The van der Waals surface area contributed by atoms with E-state index < -0.39 is 5.82 Å². The van der Waals surface area contributed by atoms with Gasteiger partial charge in [0.2, 0.25) is 5.91 Å². The van der Waals surface area contributed by atoms with Gasteiger partial charge in [-0.3, -0.25) is 4.79 Å². The number of hydrogen-bond donors (Lipinski definition) is 2. The number of nitrogens with one attached hydrogen (secondary N) is 1. The first-order chi connectivity index (χ1) is 8.52. The van der Waals surface area contributed by atoms with E-state index in [0.29, 0.717) is 5.56 Å². The van der Waals surface area contributed by atoms with Gasteiger partial charge in [-0.25, -0.2) is 4.39 Å². The number of ether oxygens (including phenoxy) is 1. The van der Waals surface area contributed by atoms with Crippen molar-refractivity contribution >= 4 is 5.91 Å². The number of rotatable bonds is 6. The molecule has 5 heteroatoms. The van der Waals surface area contributed by atoms with Crippen LogP contribution in [0.3, 0.4) is 0 Å². The van der Waals surface area contributed by atoms with E-state index in [1.54, 1.807) is 6.07 Å². The van der Waals surface area contributed by atoms with E-state index in [1.807, 2.05) is 13.8 Å². The molecule has 0 aliphatic carbocycles. The number of benzene rings is 1. The Bertz CT molecular complexity index is 408. The molecule has 0 bridgehead atoms. The third-order valence-corrected chi connectivity index (χ3v) is 2.27. The Morgan fingerprint density at radius 1 is 1.50 bits per heavy atom. The van der Waals surface area contributed by atoms with E-state index in [1.165, 1.54) is 12.1 Å². The van der Waals surface area contributed by atoms with Gasteiger partial charge in [0.05, 0.1) is 13.0 Å². The average molecular weight is 254 g/mol. The van der Waals surface area contributed by atoms with Gasteiger partial charge in [0.25, 0.3) is 0 Å². The van der Waals surface area contributed by atoms with Crippen molar-refractivity contribution < 1.29 is 13.9 Å². The third kappa shape index (κ3) is 4.71. The van der Waals surface area contributed by atoms with E-state index >= 15 is 0 Å². The molecule has 18 heavy (non-hydrogen) atoms. The maximum absolute atomic E-state index is 13.5. The summed E-state index contributed by atoms with van der Waals surface area (Å²) in [6.45, 7) is 4.19. The molecule has 0 saturated carbocycles. The lowest BCUT2D eigenvalue weighted by Gasteiger charge is -2.10. The molecule has 0 unspecified atom stereocenters. The topological polar surface area (TPSA) is 64.3 Å². The van der Waals surface area contributed by atoms with Gasteiger partial charge in [-0.05, 0) is 31.5 Å². The summed E-state index contributed by atoms with van der Waals surface area (Å²) in [5, 5.41) is 2.73. The van der Waals surface area contributed by atoms with Crippen molar-refractivity contribution in [2.24, 2.45) is 5.73 Å². The first-order valence-electron chi connectivity index (χ1n) is 5.93. The van der Waals surface area contributed by atoms with Crippen molar-refractivity contribution in [3.8, 4) is 5.75 Å². The normalized spacial score (nSPS) is 10.5. The van der Waals surface area contributed by atoms with E-state index in [2.05, 4.69) is 5.32 Å². The summed E-state index contributed by atoms with van der Waals surface area (Å²) in [7, 11) is 0. The van der Waals surface area contributed by atoms with Crippen LogP contribution < -0.4 is 15.8 Å². The van der Waals surface area contributed by atoms with Crippen molar-refractivity contribution in [3.05, 3.63) is 29.6 Å². The van der Waals surface area contributed by atoms with E-state index in [9.17, 15) is 9.18 Å². The molecule has 0 aromatic heterocycles. The highest BCUT2D eigenvalue weighted by molar-refractivity contribution is 5.76. The highest BCUT2D eigenvalue weighted by Gasteiger charge is 2.07. The average Bonchev–Trinajstić information content (AvgIpc) is 2.30. The summed E-state index contributed by atoms with van der Waals surface area (Å²) in [6.07, 6.45) is 0.205. The second-order valence-corrected chi connectivity index (χ2v) is 4.29. The molecule has 1 amide bonds. The van der Waals surface area contributed by atoms with Crippen LogP contribution in [-0.2, 0) is 11.3 Å². The van der Waals surface area contributed by atoms with Gasteiger partial charge < -0.3 is 15.8 Å². The summed E-state index contributed by atoms with van der Waals surface area (Å²) < 4.78 is 18.7. The van der Waals surface area contributed by atoms with Crippen LogP contribution in [0.25, 0.3) is 0 Å². The van der Waals surface area contributed by atoms with Gasteiger partial charge in [0.15, 0.2) is 11.6 Å². The Morgan fingerprint density at radius 2 is 2.22 bits per heavy atom. The molecule has 1 rings (SSSR count). The van der Waals surface area contributed by atoms with Gasteiger partial charge in [0, 0.05) is 12.6 Å². The minimum absolute atomic E-state index is 0.0954. The molecule has 0 radical (unpaired) electrons. The van der Waals surface area contributed by atoms with E-state index in [4.69, 9.17) is 10.5 Å². The third-order valence-electron chi connectivity index (χ3n) is 2.27. The zero-order valence-corrected chi connectivity index (χ0v) is 10.7. The molecule has 1 aromatic carbocycles. The standard InChI is InChI=1S/C13H19FN2O2/c1-9(2)16-13(17)5-6-18-12-4-3-10(8-15)7-11(12)14/h3-4,7,9H,5-6,8,15H2,1-2H3,(H,16,17). The maximum atomic E-state index is 13.5. The van der Waals surface area contributed by atoms with Crippen LogP contribution in [0.15, 0.2) is 18.2 Å². The number of amides is 1. The van der Waals surface area contributed by atoms with Crippen molar-refractivity contribution in [2.45, 2.75) is 32.9 Å². The highest BCUT2D eigenvalue weighted by atomic mass is 19.1. The van der Waals surface area contributed by atoms with Gasteiger partial charge in [-0.15, -0.1) is 0 Å². The molecular weight excluding hydrogens is 235 g/mol. The fraction of sp³-hybridized carbons (Fsp3) is 0.462. The number of nitrogens with two attached hydrogens (primary N) is 1. The molecule has 0 aliphatic rings. The monoisotopic (exact) mass is 254 g/mol. The van der Waals surface area contributed by atoms with Gasteiger partial charge in [-0.1, -0.05) is 6.07 Å². The zero-order chi connectivity index (χ0) is 13.5. The van der Waals surface area contributed by atoms with Crippen LogP contribution in [0.5, 0.6) is 5.75 Å². The lowest BCUT2D eigenvalue weighted by Crippen LogP contribution is -2.31. The van der Waals surface area contributed by atoms with E-state index in [0.717, 1.165) is 0 Å². The van der Waals surface area contributed by atoms with Gasteiger partial charge in [0.1, 0.15) is 0 Å². The molecule has 0 atom stereocenters. The number of carbonyl (C=O) groups is 1.